The number of hydrogen-bond acceptors (Lipinski definition) is 3. The van der Waals surface area contributed by atoms with Crippen LogP contribution in [0.3, 0.4) is 0 Å². The topological polar surface area (TPSA) is 49.3 Å². The van der Waals surface area contributed by atoms with Crippen molar-refractivity contribution in [2.75, 3.05) is 5.32 Å². The van der Waals surface area contributed by atoms with Crippen LogP contribution in [0.1, 0.15) is 11.1 Å². The van der Waals surface area contributed by atoms with Gasteiger partial charge in [0.15, 0.2) is 0 Å². The number of aliphatic hydroxyl groups is 1. The molecule has 0 saturated heterocycles. The Hall–Kier alpha value is -1.21. The number of thiol groups is 1. The first-order chi connectivity index (χ1) is 7.24. The van der Waals surface area contributed by atoms with E-state index in [9.17, 15) is 23.1 Å². The van der Waals surface area contributed by atoms with E-state index >= 15 is 0 Å². The summed E-state index contributed by atoms with van der Waals surface area (Å²) in [5.41, 5.74) is -1.61. The van der Waals surface area contributed by atoms with Crippen molar-refractivity contribution in [3.8, 4) is 0 Å². The van der Waals surface area contributed by atoms with Crippen molar-refractivity contribution in [3.63, 3.8) is 0 Å². The maximum absolute atomic E-state index is 12.6. The van der Waals surface area contributed by atoms with Crippen molar-refractivity contribution < 1.29 is 23.1 Å². The van der Waals surface area contributed by atoms with Gasteiger partial charge < -0.3 is 10.4 Å². The number of carbonyl (C=O) groups excluding carboxylic acids is 1. The second-order valence-electron chi connectivity index (χ2n) is 3.35. The zero-order valence-corrected chi connectivity index (χ0v) is 8.56. The molecule has 1 atom stereocenters. The normalized spacial score (nSPS) is 24.2. The average Bonchev–Trinajstić information content (AvgIpc) is 2.37. The maximum atomic E-state index is 12.6. The van der Waals surface area contributed by atoms with Crippen LogP contribution in [0.25, 0.3) is 0 Å². The SMILES string of the molecule is O=C1Nc2c(C(F)(F)F)cccc2[C@@]1(O)S. The molecule has 0 saturated carbocycles. The Labute approximate surface area is 93.7 Å². The van der Waals surface area contributed by atoms with Gasteiger partial charge in [-0.1, -0.05) is 12.1 Å². The highest BCUT2D eigenvalue weighted by atomic mass is 32.1. The van der Waals surface area contributed by atoms with Crippen molar-refractivity contribution in [1.29, 1.82) is 0 Å². The van der Waals surface area contributed by atoms with Gasteiger partial charge in [0, 0.05) is 5.56 Å². The van der Waals surface area contributed by atoms with E-state index in [-0.39, 0.29) is 5.56 Å². The lowest BCUT2D eigenvalue weighted by atomic mass is 10.1. The van der Waals surface area contributed by atoms with Crippen LogP contribution in [0, 0.1) is 0 Å². The smallest absolute Gasteiger partial charge is 0.367 e. The molecule has 0 aromatic heterocycles. The van der Waals surface area contributed by atoms with Crippen molar-refractivity contribution in [3.05, 3.63) is 29.3 Å². The highest BCUT2D eigenvalue weighted by molar-refractivity contribution is 7.82. The van der Waals surface area contributed by atoms with Gasteiger partial charge in [-0.2, -0.15) is 13.2 Å². The minimum Gasteiger partial charge on any atom is -0.367 e. The van der Waals surface area contributed by atoms with Gasteiger partial charge in [0.2, 0.25) is 4.93 Å². The third kappa shape index (κ3) is 1.47. The standard InChI is InChI=1S/C9H6F3NO2S/c10-9(11,12)5-3-1-2-4-6(5)13-7(14)8(4,15)16/h1-3,15-16H,(H,13,14)/t8-/m1/s1. The molecule has 3 nitrogen and oxygen atoms in total. The van der Waals surface area contributed by atoms with Crippen LogP contribution >= 0.6 is 12.6 Å². The van der Waals surface area contributed by atoms with Crippen LogP contribution in [0.5, 0.6) is 0 Å². The number of nitrogens with one attached hydrogen (secondary N) is 1. The van der Waals surface area contributed by atoms with Gasteiger partial charge in [0.25, 0.3) is 5.91 Å². The molecule has 0 unspecified atom stereocenters. The Bertz CT molecular complexity index is 470. The molecule has 2 rings (SSSR count). The van der Waals surface area contributed by atoms with Crippen LogP contribution in [0.2, 0.25) is 0 Å². The van der Waals surface area contributed by atoms with Gasteiger partial charge in [0.05, 0.1) is 11.3 Å². The summed E-state index contributed by atoms with van der Waals surface area (Å²) in [4.78, 5) is 9.02. The van der Waals surface area contributed by atoms with E-state index in [1.807, 2.05) is 5.32 Å². The molecular weight excluding hydrogens is 243 g/mol. The molecule has 0 aliphatic carbocycles. The van der Waals surface area contributed by atoms with Crippen molar-refractivity contribution in [2.45, 2.75) is 11.1 Å². The molecular formula is C9H6F3NO2S. The van der Waals surface area contributed by atoms with E-state index in [1.165, 1.54) is 6.07 Å². The monoisotopic (exact) mass is 249 g/mol. The molecule has 1 aliphatic heterocycles. The number of amides is 1. The summed E-state index contributed by atoms with van der Waals surface area (Å²) in [7, 11) is 0. The fourth-order valence-electron chi connectivity index (χ4n) is 1.54. The number of rotatable bonds is 0. The molecule has 0 fully saturated rings. The van der Waals surface area contributed by atoms with Crippen molar-refractivity contribution >= 4 is 24.2 Å². The van der Waals surface area contributed by atoms with Gasteiger partial charge in [-0.25, -0.2) is 0 Å². The van der Waals surface area contributed by atoms with Crippen molar-refractivity contribution in [1.82, 2.24) is 0 Å². The van der Waals surface area contributed by atoms with Gasteiger partial charge >= 0.3 is 6.18 Å². The molecule has 16 heavy (non-hydrogen) atoms. The summed E-state index contributed by atoms with van der Waals surface area (Å²) in [6.07, 6.45) is -4.59. The molecule has 86 valence electrons. The third-order valence-corrected chi connectivity index (χ3v) is 2.74. The highest BCUT2D eigenvalue weighted by Crippen LogP contribution is 2.45. The Morgan fingerprint density at radius 1 is 1.38 bits per heavy atom. The number of carbonyl (C=O) groups is 1. The molecule has 1 aromatic rings. The molecule has 0 radical (unpaired) electrons. The third-order valence-electron chi connectivity index (χ3n) is 2.30. The van der Waals surface area contributed by atoms with Gasteiger partial charge in [-0.15, -0.1) is 12.6 Å². The highest BCUT2D eigenvalue weighted by Gasteiger charge is 2.46. The minimum atomic E-state index is -4.59. The predicted molar refractivity (Wildman–Crippen MR) is 53.0 cm³/mol. The van der Waals surface area contributed by atoms with Crippen molar-refractivity contribution in [2.24, 2.45) is 0 Å². The van der Waals surface area contributed by atoms with E-state index in [1.54, 1.807) is 0 Å². The quantitative estimate of drug-likeness (QED) is 0.484. The molecule has 0 spiro atoms. The maximum Gasteiger partial charge on any atom is 0.418 e. The van der Waals surface area contributed by atoms with E-state index < -0.39 is 28.3 Å². The number of fused-ring (bicyclic) bond motifs is 1. The molecule has 2 N–H and O–H groups in total. The molecule has 1 heterocycles. The number of halogens is 3. The second kappa shape index (κ2) is 3.14. The summed E-state index contributed by atoms with van der Waals surface area (Å²) in [5, 5.41) is 11.6. The molecule has 1 aliphatic rings. The van der Waals surface area contributed by atoms with E-state index in [4.69, 9.17) is 0 Å². The number of anilines is 1. The first-order valence-corrected chi connectivity index (χ1v) is 4.66. The van der Waals surface area contributed by atoms with E-state index in [0.717, 1.165) is 12.1 Å². The van der Waals surface area contributed by atoms with Gasteiger partial charge in [0.1, 0.15) is 0 Å². The Balaban J connectivity index is 2.66. The Morgan fingerprint density at radius 2 is 2.00 bits per heavy atom. The first-order valence-electron chi connectivity index (χ1n) is 4.21. The van der Waals surface area contributed by atoms with E-state index in [2.05, 4.69) is 12.6 Å². The summed E-state index contributed by atoms with van der Waals surface area (Å²) >= 11 is 3.64. The summed E-state index contributed by atoms with van der Waals surface area (Å²) < 4.78 is 37.7. The van der Waals surface area contributed by atoms with Gasteiger partial charge in [-0.05, 0) is 6.07 Å². The van der Waals surface area contributed by atoms with Crippen LogP contribution < -0.4 is 5.32 Å². The lowest BCUT2D eigenvalue weighted by Gasteiger charge is -2.14. The van der Waals surface area contributed by atoms with Crippen LogP contribution in [-0.2, 0) is 15.9 Å². The Kier molecular flexibility index (Phi) is 2.22. The number of benzene rings is 1. The van der Waals surface area contributed by atoms with Crippen LogP contribution in [0.4, 0.5) is 18.9 Å². The molecule has 7 heteroatoms. The number of para-hydroxylation sites is 1. The average molecular weight is 249 g/mol. The summed E-state index contributed by atoms with van der Waals surface area (Å²) in [6.45, 7) is 0. The summed E-state index contributed by atoms with van der Waals surface area (Å²) in [6, 6.07) is 3.16. The fraction of sp³-hybridized carbons (Fsp3) is 0.222. The minimum absolute atomic E-state index is 0.185. The second-order valence-corrected chi connectivity index (χ2v) is 4.00. The zero-order chi connectivity index (χ0) is 12.1. The van der Waals surface area contributed by atoms with Crippen LogP contribution in [-0.4, -0.2) is 11.0 Å². The molecule has 0 bridgehead atoms. The van der Waals surface area contributed by atoms with E-state index in [0.29, 0.717) is 0 Å². The molecule has 1 amide bonds. The number of alkyl halides is 3. The molecule has 1 aromatic carbocycles. The fourth-order valence-corrected chi connectivity index (χ4v) is 1.78. The summed E-state index contributed by atoms with van der Waals surface area (Å²) in [5.74, 6) is -0.984. The zero-order valence-electron chi connectivity index (χ0n) is 7.67. The predicted octanol–water partition coefficient (Wildman–Crippen LogP) is 1.73. The largest absolute Gasteiger partial charge is 0.418 e. The first kappa shape index (κ1) is 11.3. The lowest BCUT2D eigenvalue weighted by molar-refractivity contribution is -0.136. The lowest BCUT2D eigenvalue weighted by Crippen LogP contribution is -2.27. The van der Waals surface area contributed by atoms with Crippen LogP contribution in [0.15, 0.2) is 18.2 Å². The van der Waals surface area contributed by atoms with Gasteiger partial charge in [-0.3, -0.25) is 4.79 Å². The number of hydrogen-bond donors (Lipinski definition) is 3. The Morgan fingerprint density at radius 3 is 2.56 bits per heavy atom.